The van der Waals surface area contributed by atoms with Crippen molar-refractivity contribution in [1.29, 1.82) is 0 Å². The number of amides is 1. The van der Waals surface area contributed by atoms with Crippen LogP contribution in [0.4, 0.5) is 10.1 Å². The van der Waals surface area contributed by atoms with Gasteiger partial charge >= 0.3 is 0 Å². The lowest BCUT2D eigenvalue weighted by molar-refractivity contribution is -0.116. The molecule has 0 radical (unpaired) electrons. The molecule has 1 amide bonds. The van der Waals surface area contributed by atoms with E-state index in [0.29, 0.717) is 10.7 Å². The topological polar surface area (TPSA) is 54.5 Å². The van der Waals surface area contributed by atoms with E-state index in [1.54, 1.807) is 6.92 Å². The lowest BCUT2D eigenvalue weighted by atomic mass is 10.3. The molecule has 0 unspecified atom stereocenters. The molecule has 7 heteroatoms. The van der Waals surface area contributed by atoms with Crippen molar-refractivity contribution in [1.82, 2.24) is 0 Å². The fraction of sp³-hybridized carbons (Fsp3) is 0.188. The number of anilines is 1. The molecule has 0 atom stereocenters. The van der Waals surface area contributed by atoms with Gasteiger partial charge in [-0.25, -0.2) is 12.8 Å². The van der Waals surface area contributed by atoms with Gasteiger partial charge in [0.25, 0.3) is 0 Å². The predicted molar refractivity (Wildman–Crippen MR) is 87.9 cm³/mol. The number of halogens is 2. The van der Waals surface area contributed by atoms with Crippen molar-refractivity contribution in [3.05, 3.63) is 59.4 Å². The predicted octanol–water partition coefficient (Wildman–Crippen LogP) is 3.31. The average Bonchev–Trinajstić information content (AvgIpc) is 2.50. The van der Waals surface area contributed by atoms with E-state index in [4.69, 9.17) is 11.6 Å². The third-order valence-corrected chi connectivity index (χ3v) is 5.11. The molecule has 0 aliphatic rings. The summed E-state index contributed by atoms with van der Waals surface area (Å²) in [5, 5.41) is 0.414. The largest absolute Gasteiger partial charge is 0.312 e. The third-order valence-electron chi connectivity index (χ3n) is 3.24. The molecule has 2 aromatic carbocycles. The molecule has 0 aliphatic carbocycles. The van der Waals surface area contributed by atoms with Crippen LogP contribution >= 0.6 is 11.6 Å². The number of sulfone groups is 1. The number of hydrogen-bond donors (Lipinski definition) is 0. The highest BCUT2D eigenvalue weighted by Gasteiger charge is 2.23. The first-order chi connectivity index (χ1) is 10.8. The standard InChI is InChI=1S/C16H15ClFNO3S/c1-2-19(14-7-5-13(18)6-8-14)16(20)11-23(21,22)15-9-3-12(17)4-10-15/h3-10H,2,11H2,1H3. The average molecular weight is 356 g/mol. The second-order valence-corrected chi connectivity index (χ2v) is 7.25. The number of hydrogen-bond acceptors (Lipinski definition) is 3. The highest BCUT2D eigenvalue weighted by molar-refractivity contribution is 7.92. The van der Waals surface area contributed by atoms with Gasteiger partial charge in [-0.05, 0) is 55.5 Å². The second kappa shape index (κ2) is 7.10. The summed E-state index contributed by atoms with van der Waals surface area (Å²) >= 11 is 5.73. The summed E-state index contributed by atoms with van der Waals surface area (Å²) in [7, 11) is -3.77. The summed E-state index contributed by atoms with van der Waals surface area (Å²) in [6.07, 6.45) is 0. The maximum atomic E-state index is 13.0. The Morgan fingerprint density at radius 1 is 1.09 bits per heavy atom. The Hall–Kier alpha value is -1.92. The normalized spacial score (nSPS) is 11.3. The lowest BCUT2D eigenvalue weighted by Crippen LogP contribution is -2.35. The van der Waals surface area contributed by atoms with E-state index in [1.165, 1.54) is 53.4 Å². The first-order valence-corrected chi connectivity index (χ1v) is 8.91. The van der Waals surface area contributed by atoms with Gasteiger partial charge in [-0.1, -0.05) is 11.6 Å². The highest BCUT2D eigenvalue weighted by atomic mass is 35.5. The van der Waals surface area contributed by atoms with Gasteiger partial charge in [0.2, 0.25) is 5.91 Å². The van der Waals surface area contributed by atoms with Crippen LogP contribution in [0.1, 0.15) is 6.92 Å². The zero-order chi connectivity index (χ0) is 17.0. The lowest BCUT2D eigenvalue weighted by Gasteiger charge is -2.21. The minimum atomic E-state index is -3.77. The van der Waals surface area contributed by atoms with Gasteiger partial charge < -0.3 is 4.90 Å². The Kier molecular flexibility index (Phi) is 5.38. The minimum absolute atomic E-state index is 0.0328. The molecule has 0 bridgehead atoms. The fourth-order valence-corrected chi connectivity index (χ4v) is 3.41. The van der Waals surface area contributed by atoms with E-state index in [9.17, 15) is 17.6 Å². The van der Waals surface area contributed by atoms with Crippen molar-refractivity contribution in [2.45, 2.75) is 11.8 Å². The summed E-state index contributed by atoms with van der Waals surface area (Å²) < 4.78 is 37.6. The molecule has 0 saturated heterocycles. The number of benzene rings is 2. The van der Waals surface area contributed by atoms with Gasteiger partial charge in [-0.3, -0.25) is 4.79 Å². The van der Waals surface area contributed by atoms with Crippen LogP contribution in [-0.4, -0.2) is 26.6 Å². The van der Waals surface area contributed by atoms with Crippen LogP contribution in [0.25, 0.3) is 0 Å². The molecule has 23 heavy (non-hydrogen) atoms. The quantitative estimate of drug-likeness (QED) is 0.826. The zero-order valence-corrected chi connectivity index (χ0v) is 13.9. The molecular weight excluding hydrogens is 341 g/mol. The number of nitrogens with zero attached hydrogens (tertiary/aromatic N) is 1. The Bertz CT molecular complexity index is 789. The molecule has 122 valence electrons. The summed E-state index contributed by atoms with van der Waals surface area (Å²) in [6, 6.07) is 10.9. The summed E-state index contributed by atoms with van der Waals surface area (Å²) in [5.41, 5.74) is 0.449. The number of carbonyl (C=O) groups excluding carboxylic acids is 1. The Balaban J connectivity index is 2.21. The molecule has 0 N–H and O–H groups in total. The summed E-state index contributed by atoms with van der Waals surface area (Å²) in [5.74, 6) is -1.67. The van der Waals surface area contributed by atoms with Crippen LogP contribution in [-0.2, 0) is 14.6 Å². The molecule has 0 saturated carbocycles. The van der Waals surface area contributed by atoms with E-state index in [-0.39, 0.29) is 11.4 Å². The SMILES string of the molecule is CCN(C(=O)CS(=O)(=O)c1ccc(Cl)cc1)c1ccc(F)cc1. The van der Waals surface area contributed by atoms with Crippen molar-refractivity contribution in [3.8, 4) is 0 Å². The van der Waals surface area contributed by atoms with Crippen LogP contribution in [0.15, 0.2) is 53.4 Å². The number of carbonyl (C=O) groups is 1. The van der Waals surface area contributed by atoms with Crippen LogP contribution in [0.3, 0.4) is 0 Å². The first kappa shape index (κ1) is 17.4. The third kappa shape index (κ3) is 4.30. The van der Waals surface area contributed by atoms with Crippen LogP contribution in [0, 0.1) is 5.82 Å². The van der Waals surface area contributed by atoms with Crippen LogP contribution in [0.2, 0.25) is 5.02 Å². The van der Waals surface area contributed by atoms with Gasteiger partial charge in [-0.2, -0.15) is 0 Å². The fourth-order valence-electron chi connectivity index (χ4n) is 2.09. The minimum Gasteiger partial charge on any atom is -0.312 e. The van der Waals surface area contributed by atoms with Gasteiger partial charge in [0.1, 0.15) is 11.6 Å². The van der Waals surface area contributed by atoms with E-state index < -0.39 is 27.3 Å². The maximum Gasteiger partial charge on any atom is 0.242 e. The molecule has 2 aromatic rings. The molecular formula is C16H15ClFNO3S. The van der Waals surface area contributed by atoms with Crippen molar-refractivity contribution in [2.24, 2.45) is 0 Å². The van der Waals surface area contributed by atoms with Crippen LogP contribution < -0.4 is 4.90 Å². The molecule has 2 rings (SSSR count). The molecule has 0 aliphatic heterocycles. The van der Waals surface area contributed by atoms with Gasteiger partial charge in [0.05, 0.1) is 4.90 Å². The Morgan fingerprint density at radius 3 is 2.17 bits per heavy atom. The second-order valence-electron chi connectivity index (χ2n) is 4.83. The highest BCUT2D eigenvalue weighted by Crippen LogP contribution is 2.19. The monoisotopic (exact) mass is 355 g/mol. The molecule has 4 nitrogen and oxygen atoms in total. The van der Waals surface area contributed by atoms with Crippen molar-refractivity contribution < 1.29 is 17.6 Å². The maximum absolute atomic E-state index is 13.0. The van der Waals surface area contributed by atoms with Gasteiger partial charge in [-0.15, -0.1) is 0 Å². The van der Waals surface area contributed by atoms with E-state index >= 15 is 0 Å². The molecule has 0 aromatic heterocycles. The van der Waals surface area contributed by atoms with Gasteiger partial charge in [0.15, 0.2) is 9.84 Å². The van der Waals surface area contributed by atoms with Gasteiger partial charge in [0, 0.05) is 17.3 Å². The summed E-state index contributed by atoms with van der Waals surface area (Å²) in [4.78, 5) is 13.7. The molecule has 0 fully saturated rings. The van der Waals surface area contributed by atoms with Crippen molar-refractivity contribution in [3.63, 3.8) is 0 Å². The van der Waals surface area contributed by atoms with Crippen molar-refractivity contribution in [2.75, 3.05) is 17.2 Å². The smallest absolute Gasteiger partial charge is 0.242 e. The van der Waals surface area contributed by atoms with E-state index in [0.717, 1.165) is 0 Å². The van der Waals surface area contributed by atoms with Crippen molar-refractivity contribution >= 4 is 33.0 Å². The summed E-state index contributed by atoms with van der Waals surface area (Å²) in [6.45, 7) is 2.00. The van der Waals surface area contributed by atoms with E-state index in [1.807, 2.05) is 0 Å². The molecule has 0 spiro atoms. The van der Waals surface area contributed by atoms with Crippen LogP contribution in [0.5, 0.6) is 0 Å². The van der Waals surface area contributed by atoms with E-state index in [2.05, 4.69) is 0 Å². The Labute approximate surface area is 139 Å². The number of rotatable bonds is 5. The Morgan fingerprint density at radius 2 is 1.65 bits per heavy atom. The molecule has 0 heterocycles. The zero-order valence-electron chi connectivity index (χ0n) is 12.4. The first-order valence-electron chi connectivity index (χ1n) is 6.88.